The fourth-order valence-corrected chi connectivity index (χ4v) is 6.17. The van der Waals surface area contributed by atoms with Gasteiger partial charge in [-0.05, 0) is 70.5 Å². The van der Waals surface area contributed by atoms with Crippen molar-refractivity contribution in [3.05, 3.63) is 74.8 Å². The van der Waals surface area contributed by atoms with Gasteiger partial charge in [0.25, 0.3) is 0 Å². The van der Waals surface area contributed by atoms with E-state index in [2.05, 4.69) is 62.2 Å². The molecule has 2 aromatic carbocycles. The van der Waals surface area contributed by atoms with E-state index >= 15 is 0 Å². The van der Waals surface area contributed by atoms with E-state index in [0.29, 0.717) is 5.56 Å². The number of aryl methyl sites for hydroxylation is 1. The number of nitrogens with zero attached hydrogens (tertiary/aromatic N) is 2. The van der Waals surface area contributed by atoms with Crippen LogP contribution in [0.5, 0.6) is 0 Å². The summed E-state index contributed by atoms with van der Waals surface area (Å²) in [6, 6.07) is 11.8. The van der Waals surface area contributed by atoms with Crippen molar-refractivity contribution in [1.82, 2.24) is 10.2 Å². The van der Waals surface area contributed by atoms with Crippen LogP contribution in [0.2, 0.25) is 0 Å². The summed E-state index contributed by atoms with van der Waals surface area (Å²) >= 11 is 3.36. The molecule has 0 unspecified atom stereocenters. The predicted octanol–water partition coefficient (Wildman–Crippen LogP) is 7.36. The minimum Gasteiger partial charge on any atom is -0.478 e. The zero-order chi connectivity index (χ0) is 23.8. The van der Waals surface area contributed by atoms with Crippen molar-refractivity contribution in [3.63, 3.8) is 0 Å². The maximum atomic E-state index is 11.1. The molecule has 0 radical (unpaired) electrons. The van der Waals surface area contributed by atoms with Crippen LogP contribution >= 0.6 is 23.1 Å². The minimum absolute atomic E-state index is 0.137. The van der Waals surface area contributed by atoms with E-state index in [4.69, 9.17) is 5.11 Å². The van der Waals surface area contributed by atoms with Gasteiger partial charge in [0, 0.05) is 5.75 Å². The monoisotopic (exact) mass is 478 g/mol. The second-order valence-electron chi connectivity index (χ2n) is 10.0. The zero-order valence-electron chi connectivity index (χ0n) is 19.8. The van der Waals surface area contributed by atoms with E-state index in [9.17, 15) is 4.79 Å². The van der Waals surface area contributed by atoms with Gasteiger partial charge in [-0.25, -0.2) is 4.79 Å². The average Bonchev–Trinajstić information content (AvgIpc) is 3.19. The van der Waals surface area contributed by atoms with Gasteiger partial charge in [-0.1, -0.05) is 87.2 Å². The summed E-state index contributed by atoms with van der Waals surface area (Å²) < 4.78 is 0.990. The topological polar surface area (TPSA) is 63.1 Å². The highest BCUT2D eigenvalue weighted by Gasteiger charge is 2.37. The van der Waals surface area contributed by atoms with Crippen molar-refractivity contribution < 1.29 is 9.90 Å². The molecule has 0 atom stereocenters. The van der Waals surface area contributed by atoms with Crippen LogP contribution in [-0.4, -0.2) is 21.3 Å². The van der Waals surface area contributed by atoms with Gasteiger partial charge in [0.05, 0.1) is 5.56 Å². The Bertz CT molecular complexity index is 1210. The SMILES string of the molecule is Cc1nnc(SCc2cc3c(cc2C=Cc2ccc(C(=O)O)cc2)C(C)(C)CCC3(C)C)s1. The van der Waals surface area contributed by atoms with E-state index in [1.54, 1.807) is 35.2 Å². The quantitative estimate of drug-likeness (QED) is 0.296. The van der Waals surface area contributed by atoms with E-state index in [-0.39, 0.29) is 10.8 Å². The smallest absolute Gasteiger partial charge is 0.335 e. The lowest BCUT2D eigenvalue weighted by molar-refractivity contribution is 0.0697. The summed E-state index contributed by atoms with van der Waals surface area (Å²) in [7, 11) is 0. The van der Waals surface area contributed by atoms with Gasteiger partial charge in [0.2, 0.25) is 0 Å². The Labute approximate surface area is 204 Å². The van der Waals surface area contributed by atoms with Gasteiger partial charge in [-0.2, -0.15) is 0 Å². The molecular formula is C27H30N2O2S2. The maximum Gasteiger partial charge on any atom is 0.335 e. The summed E-state index contributed by atoms with van der Waals surface area (Å²) in [6.07, 6.45) is 6.58. The van der Waals surface area contributed by atoms with Gasteiger partial charge in [0.1, 0.15) is 5.01 Å². The van der Waals surface area contributed by atoms with Crippen LogP contribution in [0, 0.1) is 6.92 Å². The highest BCUT2D eigenvalue weighted by Crippen LogP contribution is 2.47. The summed E-state index contributed by atoms with van der Waals surface area (Å²) in [5, 5.41) is 18.6. The molecule has 0 spiro atoms. The second-order valence-corrected chi connectivity index (χ2v) is 12.4. The number of rotatable bonds is 6. The summed E-state index contributed by atoms with van der Waals surface area (Å²) in [5.74, 6) is -0.0768. The number of aromatic nitrogens is 2. The number of benzene rings is 2. The molecule has 1 aliphatic rings. The van der Waals surface area contributed by atoms with E-state index < -0.39 is 5.97 Å². The third-order valence-electron chi connectivity index (χ3n) is 6.58. The summed E-state index contributed by atoms with van der Waals surface area (Å²) in [4.78, 5) is 11.1. The standard InChI is InChI=1S/C27H30N2O2S2/c1-17-28-29-25(33-17)32-16-21-15-23-22(26(2,3)12-13-27(23,4)5)14-20(21)11-8-18-6-9-19(10-7-18)24(30)31/h6-11,14-15H,12-13,16H2,1-5H3,(H,30,31). The Morgan fingerprint density at radius 1 is 1.03 bits per heavy atom. The molecule has 1 N–H and O–H groups in total. The number of carboxylic acids is 1. The average molecular weight is 479 g/mol. The van der Waals surface area contributed by atoms with E-state index in [1.807, 2.05) is 19.1 Å². The highest BCUT2D eigenvalue weighted by atomic mass is 32.2. The summed E-state index contributed by atoms with van der Waals surface area (Å²) in [5.41, 5.74) is 6.94. The predicted molar refractivity (Wildman–Crippen MR) is 138 cm³/mol. The third-order valence-corrected chi connectivity index (χ3v) is 8.61. The summed E-state index contributed by atoms with van der Waals surface area (Å²) in [6.45, 7) is 11.4. The van der Waals surface area contributed by atoms with E-state index in [1.165, 1.54) is 35.1 Å². The van der Waals surface area contributed by atoms with Crippen molar-refractivity contribution in [3.8, 4) is 0 Å². The van der Waals surface area contributed by atoms with Crippen molar-refractivity contribution in [2.75, 3.05) is 0 Å². The van der Waals surface area contributed by atoms with Crippen LogP contribution in [0.3, 0.4) is 0 Å². The van der Waals surface area contributed by atoms with Crippen LogP contribution in [0.25, 0.3) is 12.2 Å². The Morgan fingerprint density at radius 3 is 2.24 bits per heavy atom. The van der Waals surface area contributed by atoms with Crippen LogP contribution in [0.15, 0.2) is 40.7 Å². The molecule has 4 rings (SSSR count). The Hall–Kier alpha value is -2.44. The number of carbonyl (C=O) groups is 1. The normalized spacial score (nSPS) is 16.6. The molecule has 0 bridgehead atoms. The molecule has 172 valence electrons. The number of fused-ring (bicyclic) bond motifs is 1. The van der Waals surface area contributed by atoms with Gasteiger partial charge in [-0.3, -0.25) is 0 Å². The van der Waals surface area contributed by atoms with Crippen molar-refractivity contribution in [2.24, 2.45) is 0 Å². The molecule has 0 fully saturated rings. The third kappa shape index (κ3) is 5.22. The molecule has 0 amide bonds. The van der Waals surface area contributed by atoms with E-state index in [0.717, 1.165) is 20.7 Å². The minimum atomic E-state index is -0.906. The molecular weight excluding hydrogens is 448 g/mol. The number of aromatic carboxylic acids is 1. The molecule has 1 aromatic heterocycles. The largest absolute Gasteiger partial charge is 0.478 e. The fourth-order valence-electron chi connectivity index (χ4n) is 4.35. The molecule has 1 aliphatic carbocycles. The number of hydrogen-bond acceptors (Lipinski definition) is 5. The van der Waals surface area contributed by atoms with Crippen molar-refractivity contribution in [2.45, 2.75) is 68.4 Å². The maximum absolute atomic E-state index is 11.1. The highest BCUT2D eigenvalue weighted by molar-refractivity contribution is 8.00. The van der Waals surface area contributed by atoms with Gasteiger partial charge >= 0.3 is 5.97 Å². The lowest BCUT2D eigenvalue weighted by atomic mass is 9.62. The molecule has 33 heavy (non-hydrogen) atoms. The van der Waals surface area contributed by atoms with Crippen molar-refractivity contribution >= 4 is 41.2 Å². The van der Waals surface area contributed by atoms with Crippen LogP contribution in [-0.2, 0) is 16.6 Å². The Morgan fingerprint density at radius 2 is 1.67 bits per heavy atom. The molecule has 0 saturated carbocycles. The molecule has 0 saturated heterocycles. The number of carboxylic acid groups (broad SMARTS) is 1. The molecule has 3 aromatic rings. The van der Waals surface area contributed by atoms with Gasteiger partial charge in [0.15, 0.2) is 4.34 Å². The first kappa shape index (κ1) is 23.7. The molecule has 6 heteroatoms. The molecule has 4 nitrogen and oxygen atoms in total. The van der Waals surface area contributed by atoms with Crippen LogP contribution < -0.4 is 0 Å². The lowest BCUT2D eigenvalue weighted by Crippen LogP contribution is -2.34. The van der Waals surface area contributed by atoms with Crippen molar-refractivity contribution in [1.29, 1.82) is 0 Å². The molecule has 0 aliphatic heterocycles. The van der Waals surface area contributed by atoms with Crippen LogP contribution in [0.1, 0.15) is 83.7 Å². The first-order valence-electron chi connectivity index (χ1n) is 11.2. The Balaban J connectivity index is 1.73. The van der Waals surface area contributed by atoms with Crippen LogP contribution in [0.4, 0.5) is 0 Å². The van der Waals surface area contributed by atoms with Gasteiger partial charge < -0.3 is 5.11 Å². The number of thioether (sulfide) groups is 1. The second kappa shape index (κ2) is 9.07. The Kier molecular flexibility index (Phi) is 6.52. The zero-order valence-corrected chi connectivity index (χ0v) is 21.4. The molecule has 1 heterocycles. The fraction of sp³-hybridized carbons (Fsp3) is 0.370. The first-order valence-corrected chi connectivity index (χ1v) is 13.0. The number of hydrogen-bond donors (Lipinski definition) is 1. The lowest BCUT2D eigenvalue weighted by Gasteiger charge is -2.42. The van der Waals surface area contributed by atoms with Gasteiger partial charge in [-0.15, -0.1) is 10.2 Å². The first-order chi connectivity index (χ1) is 15.5.